The van der Waals surface area contributed by atoms with Gasteiger partial charge in [-0.1, -0.05) is 39.0 Å². The summed E-state index contributed by atoms with van der Waals surface area (Å²) >= 11 is 0. The van der Waals surface area contributed by atoms with Crippen molar-refractivity contribution in [3.05, 3.63) is 29.8 Å². The maximum atomic E-state index is 12.4. The van der Waals surface area contributed by atoms with Crippen LogP contribution in [-0.2, 0) is 19.7 Å². The molecule has 0 radical (unpaired) electrons. The van der Waals surface area contributed by atoms with Gasteiger partial charge in [0.1, 0.15) is 5.75 Å². The van der Waals surface area contributed by atoms with Gasteiger partial charge >= 0.3 is 5.97 Å². The van der Waals surface area contributed by atoms with Crippen molar-refractivity contribution in [1.29, 1.82) is 0 Å². The summed E-state index contributed by atoms with van der Waals surface area (Å²) in [5.41, 5.74) is 1.04. The summed E-state index contributed by atoms with van der Waals surface area (Å²) in [4.78, 5) is 26.0. The Morgan fingerprint density at radius 2 is 1.80 bits per heavy atom. The first-order valence-corrected chi connectivity index (χ1v) is 8.99. The van der Waals surface area contributed by atoms with E-state index in [-0.39, 0.29) is 29.8 Å². The lowest BCUT2D eigenvalue weighted by molar-refractivity contribution is -0.151. The maximum Gasteiger partial charge on any atom is 0.309 e. The highest BCUT2D eigenvalue weighted by Gasteiger charge is 2.28. The first kappa shape index (κ1) is 19.3. The third-order valence-electron chi connectivity index (χ3n) is 4.51. The van der Waals surface area contributed by atoms with Gasteiger partial charge in [0.05, 0.1) is 12.5 Å². The van der Waals surface area contributed by atoms with E-state index in [1.807, 2.05) is 31.2 Å². The lowest BCUT2D eigenvalue weighted by Gasteiger charge is -2.31. The Kier molecular flexibility index (Phi) is 6.45. The fraction of sp³-hybridized carbons (Fsp3) is 0.600. The molecule has 2 rings (SSSR count). The Morgan fingerprint density at radius 1 is 1.16 bits per heavy atom. The molecule has 0 spiro atoms. The highest BCUT2D eigenvalue weighted by molar-refractivity contribution is 5.78. The van der Waals surface area contributed by atoms with Gasteiger partial charge in [-0.05, 0) is 36.8 Å². The largest absolute Gasteiger partial charge is 0.483 e. The molecule has 1 fully saturated rings. The molecule has 0 N–H and O–H groups in total. The molecule has 1 aliphatic rings. The number of amides is 1. The first-order valence-electron chi connectivity index (χ1n) is 8.99. The number of carbonyl (C=O) groups excluding carboxylic acids is 2. The number of likely N-dealkylation sites (tertiary alicyclic amines) is 1. The smallest absolute Gasteiger partial charge is 0.309 e. The SMILES string of the molecule is CCOC(=O)C1CCN(C(=O)COc2ccccc2C(C)(C)C)CC1. The molecule has 1 heterocycles. The minimum atomic E-state index is -0.148. The first-order chi connectivity index (χ1) is 11.8. The van der Waals surface area contributed by atoms with Crippen LogP contribution in [0.1, 0.15) is 46.1 Å². The third-order valence-corrected chi connectivity index (χ3v) is 4.51. The zero-order valence-corrected chi connectivity index (χ0v) is 15.7. The van der Waals surface area contributed by atoms with Gasteiger partial charge in [-0.2, -0.15) is 0 Å². The fourth-order valence-corrected chi connectivity index (χ4v) is 3.07. The number of carbonyl (C=O) groups is 2. The molecule has 0 aliphatic carbocycles. The predicted molar refractivity (Wildman–Crippen MR) is 96.6 cm³/mol. The second-order valence-corrected chi connectivity index (χ2v) is 7.44. The zero-order valence-electron chi connectivity index (χ0n) is 15.7. The van der Waals surface area contributed by atoms with Crippen molar-refractivity contribution in [3.63, 3.8) is 0 Å². The lowest BCUT2D eigenvalue weighted by atomic mass is 9.86. The maximum absolute atomic E-state index is 12.4. The van der Waals surface area contributed by atoms with E-state index >= 15 is 0 Å². The average Bonchev–Trinajstić information content (AvgIpc) is 2.59. The minimum absolute atomic E-state index is 0.0250. The summed E-state index contributed by atoms with van der Waals surface area (Å²) in [5, 5.41) is 0. The molecule has 5 heteroatoms. The van der Waals surface area contributed by atoms with Gasteiger partial charge < -0.3 is 14.4 Å². The molecule has 0 saturated carbocycles. The summed E-state index contributed by atoms with van der Waals surface area (Å²) in [6.45, 7) is 9.75. The van der Waals surface area contributed by atoms with Crippen molar-refractivity contribution in [3.8, 4) is 5.75 Å². The fourth-order valence-electron chi connectivity index (χ4n) is 3.07. The molecule has 1 aromatic rings. The second-order valence-electron chi connectivity index (χ2n) is 7.44. The van der Waals surface area contributed by atoms with E-state index in [1.54, 1.807) is 4.90 Å². The highest BCUT2D eigenvalue weighted by atomic mass is 16.5. The average molecular weight is 347 g/mol. The van der Waals surface area contributed by atoms with Crippen molar-refractivity contribution in [2.45, 2.75) is 46.0 Å². The zero-order chi connectivity index (χ0) is 18.4. The predicted octanol–water partition coefficient (Wildman–Crippen LogP) is 3.16. The van der Waals surface area contributed by atoms with E-state index in [2.05, 4.69) is 20.8 Å². The standard InChI is InChI=1S/C20H29NO4/c1-5-24-19(23)15-10-12-21(13-11-15)18(22)14-25-17-9-7-6-8-16(17)20(2,3)4/h6-9,15H,5,10-14H2,1-4H3. The van der Waals surface area contributed by atoms with Gasteiger partial charge in [0, 0.05) is 13.1 Å². The number of hydrogen-bond donors (Lipinski definition) is 0. The van der Waals surface area contributed by atoms with Crippen molar-refractivity contribution in [2.75, 3.05) is 26.3 Å². The number of nitrogens with zero attached hydrogens (tertiary/aromatic N) is 1. The van der Waals surface area contributed by atoms with Crippen LogP contribution < -0.4 is 4.74 Å². The van der Waals surface area contributed by atoms with Crippen LogP contribution in [0, 0.1) is 5.92 Å². The molecule has 1 amide bonds. The van der Waals surface area contributed by atoms with Crippen LogP contribution in [0.5, 0.6) is 5.75 Å². The van der Waals surface area contributed by atoms with Gasteiger partial charge in [-0.15, -0.1) is 0 Å². The van der Waals surface area contributed by atoms with Crippen LogP contribution >= 0.6 is 0 Å². The molecule has 1 aromatic carbocycles. The Bertz CT molecular complexity index is 598. The lowest BCUT2D eigenvalue weighted by Crippen LogP contribution is -2.42. The van der Waals surface area contributed by atoms with Gasteiger partial charge in [0.25, 0.3) is 5.91 Å². The van der Waals surface area contributed by atoms with E-state index in [0.717, 1.165) is 11.3 Å². The number of benzene rings is 1. The minimum Gasteiger partial charge on any atom is -0.483 e. The molecule has 0 bridgehead atoms. The van der Waals surface area contributed by atoms with Crippen LogP contribution in [0.15, 0.2) is 24.3 Å². The normalized spacial score (nSPS) is 15.8. The van der Waals surface area contributed by atoms with Crippen LogP contribution in [0.25, 0.3) is 0 Å². The summed E-state index contributed by atoms with van der Waals surface area (Å²) in [6.07, 6.45) is 1.31. The molecule has 138 valence electrons. The van der Waals surface area contributed by atoms with E-state index in [0.29, 0.717) is 32.5 Å². The van der Waals surface area contributed by atoms with Gasteiger partial charge in [0.15, 0.2) is 6.61 Å². The number of piperidine rings is 1. The number of para-hydroxylation sites is 1. The number of ether oxygens (including phenoxy) is 2. The molecule has 1 aliphatic heterocycles. The Morgan fingerprint density at radius 3 is 2.40 bits per heavy atom. The van der Waals surface area contributed by atoms with Crippen molar-refractivity contribution >= 4 is 11.9 Å². The second kappa shape index (κ2) is 8.37. The van der Waals surface area contributed by atoms with Crippen molar-refractivity contribution < 1.29 is 19.1 Å². The van der Waals surface area contributed by atoms with Gasteiger partial charge in [0.2, 0.25) is 0 Å². The number of esters is 1. The Labute approximate surface area is 150 Å². The quantitative estimate of drug-likeness (QED) is 0.768. The number of rotatable bonds is 5. The highest BCUT2D eigenvalue weighted by Crippen LogP contribution is 2.31. The Hall–Kier alpha value is -2.04. The molecular weight excluding hydrogens is 318 g/mol. The molecular formula is C20H29NO4. The van der Waals surface area contributed by atoms with Crippen LogP contribution in [0.4, 0.5) is 0 Å². The molecule has 0 atom stereocenters. The molecule has 25 heavy (non-hydrogen) atoms. The number of hydrogen-bond acceptors (Lipinski definition) is 4. The summed E-state index contributed by atoms with van der Waals surface area (Å²) in [5.74, 6) is 0.479. The molecule has 0 aromatic heterocycles. The Balaban J connectivity index is 1.87. The summed E-state index contributed by atoms with van der Waals surface area (Å²) < 4.78 is 10.9. The van der Waals surface area contributed by atoms with E-state index in [9.17, 15) is 9.59 Å². The third kappa shape index (κ3) is 5.21. The van der Waals surface area contributed by atoms with Crippen LogP contribution in [0.2, 0.25) is 0 Å². The van der Waals surface area contributed by atoms with Crippen molar-refractivity contribution in [1.82, 2.24) is 4.90 Å². The van der Waals surface area contributed by atoms with Crippen molar-refractivity contribution in [2.24, 2.45) is 5.92 Å². The van der Waals surface area contributed by atoms with E-state index in [4.69, 9.17) is 9.47 Å². The summed E-state index contributed by atoms with van der Waals surface area (Å²) in [7, 11) is 0. The van der Waals surface area contributed by atoms with Gasteiger partial charge in [-0.25, -0.2) is 0 Å². The van der Waals surface area contributed by atoms with Crippen LogP contribution in [0.3, 0.4) is 0 Å². The summed E-state index contributed by atoms with van der Waals surface area (Å²) in [6, 6.07) is 7.83. The molecule has 1 saturated heterocycles. The van der Waals surface area contributed by atoms with E-state index < -0.39 is 0 Å². The topological polar surface area (TPSA) is 55.8 Å². The monoisotopic (exact) mass is 347 g/mol. The van der Waals surface area contributed by atoms with Gasteiger partial charge in [-0.3, -0.25) is 9.59 Å². The molecule has 5 nitrogen and oxygen atoms in total. The van der Waals surface area contributed by atoms with Crippen LogP contribution in [-0.4, -0.2) is 43.1 Å². The van der Waals surface area contributed by atoms with E-state index in [1.165, 1.54) is 0 Å². The molecule has 0 unspecified atom stereocenters.